The fourth-order valence-corrected chi connectivity index (χ4v) is 0.891. The summed E-state index contributed by atoms with van der Waals surface area (Å²) in [5.74, 6) is 0. The van der Waals surface area contributed by atoms with Crippen molar-refractivity contribution in [1.82, 2.24) is 0 Å². The van der Waals surface area contributed by atoms with Gasteiger partial charge in [0.1, 0.15) is 0 Å². The molecule has 1 heterocycles. The SMILES string of the molecule is Cc1[c-]scc1.[Ni][Br]. The van der Waals surface area contributed by atoms with Gasteiger partial charge in [-0.1, -0.05) is 6.92 Å². The van der Waals surface area contributed by atoms with Gasteiger partial charge in [-0.2, -0.15) is 10.9 Å². The third-order valence-electron chi connectivity index (χ3n) is 0.606. The molecule has 49 valence electrons. The Morgan fingerprint density at radius 2 is 2.38 bits per heavy atom. The molecule has 1 aromatic rings. The molecule has 3 heteroatoms. The molecule has 0 radical (unpaired) electrons. The second-order valence-electron chi connectivity index (χ2n) is 1.21. The molecule has 0 fully saturated rings. The summed E-state index contributed by atoms with van der Waals surface area (Å²) in [6.07, 6.45) is 0. The Hall–Kier alpha value is 0.674. The Balaban J connectivity index is 0.000000222. The van der Waals surface area contributed by atoms with Gasteiger partial charge >= 0.3 is 27.9 Å². The molecule has 0 spiro atoms. The molecule has 0 saturated carbocycles. The maximum absolute atomic E-state index is 3.69. The number of halogens is 1. The first-order valence-electron chi connectivity index (χ1n) is 1.93. The summed E-state index contributed by atoms with van der Waals surface area (Å²) >= 11 is 7.86. The van der Waals surface area contributed by atoms with Crippen LogP contribution in [0.4, 0.5) is 0 Å². The molecule has 0 unspecified atom stereocenters. The van der Waals surface area contributed by atoms with Crippen LogP contribution in [-0.4, -0.2) is 0 Å². The van der Waals surface area contributed by atoms with Gasteiger partial charge in [-0.3, -0.25) is 0 Å². The molecule has 8 heavy (non-hydrogen) atoms. The van der Waals surface area contributed by atoms with Crippen LogP contribution < -0.4 is 0 Å². The minimum absolute atomic E-state index is 1.24. The molecule has 1 aromatic heterocycles. The molecule has 0 atom stereocenters. The molecule has 0 N–H and O–H groups in total. The standard InChI is InChI=1S/C5H5S.BrH.Ni/c1-5-2-3-6-4-5;;/h2-3H,1H3;1H;/q-1;;+1/p-1. The van der Waals surface area contributed by atoms with E-state index in [0.29, 0.717) is 0 Å². The fraction of sp³-hybridized carbons (Fsp3) is 0.200. The molecular formula is C5H5BrNiS-. The van der Waals surface area contributed by atoms with Crippen LogP contribution in [0, 0.1) is 12.3 Å². The molecule has 1 rings (SSSR count). The van der Waals surface area contributed by atoms with Gasteiger partial charge in [0.25, 0.3) is 0 Å². The minimum atomic E-state index is 1.24. The van der Waals surface area contributed by atoms with E-state index < -0.39 is 0 Å². The van der Waals surface area contributed by atoms with Gasteiger partial charge in [0.15, 0.2) is 0 Å². The summed E-state index contributed by atoms with van der Waals surface area (Å²) in [4.78, 5) is 0. The van der Waals surface area contributed by atoms with Crippen molar-refractivity contribution in [3.63, 3.8) is 0 Å². The van der Waals surface area contributed by atoms with E-state index in [0.717, 1.165) is 0 Å². The normalized spacial score (nSPS) is 7.50. The molecule has 0 amide bonds. The van der Waals surface area contributed by atoms with Crippen LogP contribution in [0.25, 0.3) is 0 Å². The predicted octanol–water partition coefficient (Wildman–Crippen LogP) is 2.70. The summed E-state index contributed by atoms with van der Waals surface area (Å²) in [6, 6.07) is 2.05. The van der Waals surface area contributed by atoms with Gasteiger partial charge in [-0.25, -0.2) is 6.07 Å². The number of rotatable bonds is 0. The van der Waals surface area contributed by atoms with Gasteiger partial charge in [0, 0.05) is 0 Å². The van der Waals surface area contributed by atoms with E-state index in [1.807, 2.05) is 18.4 Å². The van der Waals surface area contributed by atoms with Crippen molar-refractivity contribution < 1.29 is 13.7 Å². The number of aryl methyl sites for hydroxylation is 1. The molecule has 0 aliphatic rings. The quantitative estimate of drug-likeness (QED) is 0.479. The third-order valence-corrected chi connectivity index (χ3v) is 1.32. The van der Waals surface area contributed by atoms with Crippen molar-refractivity contribution >= 4 is 25.6 Å². The molecule has 0 aromatic carbocycles. The fourth-order valence-electron chi connectivity index (χ4n) is 0.297. The van der Waals surface area contributed by atoms with Crippen LogP contribution in [0.3, 0.4) is 0 Å². The number of hydrogen-bond acceptors (Lipinski definition) is 1. The van der Waals surface area contributed by atoms with Crippen LogP contribution in [0.15, 0.2) is 11.4 Å². The summed E-state index contributed by atoms with van der Waals surface area (Å²) in [7, 11) is 0. The first-order valence-corrected chi connectivity index (χ1v) is 5.25. The first-order chi connectivity index (χ1) is 3.89. The van der Waals surface area contributed by atoms with Crippen molar-refractivity contribution in [3.05, 3.63) is 22.4 Å². The molecule has 0 nitrogen and oxygen atoms in total. The zero-order valence-corrected chi connectivity index (χ0v) is 7.65. The van der Waals surface area contributed by atoms with Crippen LogP contribution in [0.5, 0.6) is 0 Å². The third kappa shape index (κ3) is 3.65. The van der Waals surface area contributed by atoms with Crippen LogP contribution in [0.2, 0.25) is 0 Å². The van der Waals surface area contributed by atoms with Gasteiger partial charge < -0.3 is 11.3 Å². The summed E-state index contributed by atoms with van der Waals surface area (Å²) < 4.78 is 0. The van der Waals surface area contributed by atoms with Gasteiger partial charge in [0.2, 0.25) is 0 Å². The Labute approximate surface area is 68.4 Å². The zero-order valence-electron chi connectivity index (χ0n) is 4.26. The van der Waals surface area contributed by atoms with Gasteiger partial charge in [0.05, 0.1) is 0 Å². The van der Waals surface area contributed by atoms with E-state index in [4.69, 9.17) is 0 Å². The monoisotopic (exact) mass is 234 g/mol. The Bertz CT molecular complexity index is 116. The first kappa shape index (κ1) is 8.67. The summed E-state index contributed by atoms with van der Waals surface area (Å²) in [6.45, 7) is 2.04. The van der Waals surface area contributed by atoms with E-state index in [9.17, 15) is 0 Å². The van der Waals surface area contributed by atoms with E-state index >= 15 is 0 Å². The summed E-state index contributed by atoms with van der Waals surface area (Å²) in [5, 5.41) is 5.06. The van der Waals surface area contributed by atoms with E-state index in [2.05, 4.69) is 33.3 Å². The van der Waals surface area contributed by atoms with Crippen molar-refractivity contribution in [2.24, 2.45) is 0 Å². The van der Waals surface area contributed by atoms with Crippen LogP contribution in [0.1, 0.15) is 5.56 Å². The second kappa shape index (κ2) is 5.80. The summed E-state index contributed by atoms with van der Waals surface area (Å²) in [5.41, 5.74) is 1.24. The van der Waals surface area contributed by atoms with Crippen molar-refractivity contribution in [1.29, 1.82) is 0 Å². The van der Waals surface area contributed by atoms with Gasteiger partial charge in [-0.05, 0) is 0 Å². The number of hydrogen-bond donors (Lipinski definition) is 0. The van der Waals surface area contributed by atoms with Crippen molar-refractivity contribution in [3.8, 4) is 0 Å². The Kier molecular flexibility index (Phi) is 6.29. The molecule has 0 saturated heterocycles. The van der Waals surface area contributed by atoms with Gasteiger partial charge in [-0.15, -0.1) is 5.38 Å². The van der Waals surface area contributed by atoms with E-state index in [1.165, 1.54) is 5.56 Å². The maximum atomic E-state index is 3.69. The average molecular weight is 236 g/mol. The predicted molar refractivity (Wildman–Crippen MR) is 36.8 cm³/mol. The van der Waals surface area contributed by atoms with E-state index in [1.54, 1.807) is 11.3 Å². The number of thiophene rings is 1. The molecule has 0 bridgehead atoms. The van der Waals surface area contributed by atoms with Crippen molar-refractivity contribution in [2.75, 3.05) is 0 Å². The zero-order chi connectivity index (χ0) is 6.41. The topological polar surface area (TPSA) is 0 Å². The van der Waals surface area contributed by atoms with E-state index in [-0.39, 0.29) is 0 Å². The Morgan fingerprint density at radius 1 is 1.75 bits per heavy atom. The van der Waals surface area contributed by atoms with Crippen LogP contribution in [-0.2, 0) is 13.7 Å². The molecule has 0 aliphatic heterocycles. The second-order valence-corrected chi connectivity index (χ2v) is 1.92. The molecular weight excluding hydrogens is 231 g/mol. The van der Waals surface area contributed by atoms with Crippen LogP contribution >= 0.6 is 25.6 Å². The average Bonchev–Trinajstić information content (AvgIpc) is 2.24. The van der Waals surface area contributed by atoms with Crippen molar-refractivity contribution in [2.45, 2.75) is 6.92 Å². The Morgan fingerprint density at radius 3 is 2.50 bits per heavy atom. The molecule has 0 aliphatic carbocycles.